The molecule has 0 bridgehead atoms. The molecule has 2 atom stereocenters. The van der Waals surface area contributed by atoms with E-state index in [0.717, 1.165) is 24.2 Å². The third kappa shape index (κ3) is 3.89. The highest BCUT2D eigenvalue weighted by Gasteiger charge is 2.57. The number of aromatic nitrogens is 2. The summed E-state index contributed by atoms with van der Waals surface area (Å²) in [6.07, 6.45) is 7.20. The highest BCUT2D eigenvalue weighted by atomic mass is 32.1. The minimum absolute atomic E-state index is 0.0470. The van der Waals surface area contributed by atoms with Crippen LogP contribution in [0.1, 0.15) is 27.5 Å². The van der Waals surface area contributed by atoms with Crippen LogP contribution in [0.4, 0.5) is 0 Å². The molecule has 0 aliphatic carbocycles. The van der Waals surface area contributed by atoms with E-state index in [1.54, 1.807) is 29.9 Å². The van der Waals surface area contributed by atoms with E-state index in [0.29, 0.717) is 26.2 Å². The van der Waals surface area contributed by atoms with Crippen molar-refractivity contribution in [2.75, 3.05) is 26.2 Å². The summed E-state index contributed by atoms with van der Waals surface area (Å²) in [5.41, 5.74) is 2.58. The van der Waals surface area contributed by atoms with Gasteiger partial charge >= 0.3 is 0 Å². The quantitative estimate of drug-likeness (QED) is 0.617. The predicted octanol–water partition coefficient (Wildman–Crippen LogP) is 3.24. The number of ether oxygens (including phenoxy) is 1. The summed E-state index contributed by atoms with van der Waals surface area (Å²) in [6.45, 7) is 6.08. The first-order chi connectivity index (χ1) is 15.2. The molecule has 0 N–H and O–H groups in total. The van der Waals surface area contributed by atoms with E-state index in [-0.39, 0.29) is 11.8 Å². The standard InChI is InChI=1S/C24H26N4O2S/c1-18-6-12-31-22(18)16-27-15-21(20-3-2-7-26-13-20)24(17-27)23(29)28(10-11-30-24)14-19-4-8-25-9-5-19/h2-9,12-13,21H,10-11,14-17H2,1H3/t21-,24+/m1/s1. The van der Waals surface area contributed by atoms with Gasteiger partial charge in [0.25, 0.3) is 5.91 Å². The van der Waals surface area contributed by atoms with Gasteiger partial charge in [-0.25, -0.2) is 0 Å². The number of rotatable bonds is 5. The van der Waals surface area contributed by atoms with Crippen LogP contribution in [0.25, 0.3) is 0 Å². The van der Waals surface area contributed by atoms with Crippen LogP contribution in [0.3, 0.4) is 0 Å². The Labute approximate surface area is 186 Å². The fraction of sp³-hybridized carbons (Fsp3) is 0.375. The van der Waals surface area contributed by atoms with Gasteiger partial charge in [0.15, 0.2) is 5.60 Å². The van der Waals surface area contributed by atoms with Gasteiger partial charge in [0, 0.05) is 68.3 Å². The van der Waals surface area contributed by atoms with Crippen molar-refractivity contribution in [3.8, 4) is 0 Å². The number of carbonyl (C=O) groups is 1. The highest BCUT2D eigenvalue weighted by molar-refractivity contribution is 7.10. The molecule has 3 aromatic rings. The van der Waals surface area contributed by atoms with Crippen LogP contribution >= 0.6 is 11.3 Å². The Balaban J connectivity index is 1.45. The first-order valence-corrected chi connectivity index (χ1v) is 11.5. The Morgan fingerprint density at radius 3 is 2.77 bits per heavy atom. The van der Waals surface area contributed by atoms with Gasteiger partial charge in [-0.15, -0.1) is 11.3 Å². The van der Waals surface area contributed by atoms with Crippen molar-refractivity contribution in [2.45, 2.75) is 31.5 Å². The van der Waals surface area contributed by atoms with Crippen LogP contribution in [0.15, 0.2) is 60.5 Å². The monoisotopic (exact) mass is 434 g/mol. The second-order valence-corrected chi connectivity index (χ2v) is 9.36. The molecule has 0 radical (unpaired) electrons. The molecular formula is C24H26N4O2S. The van der Waals surface area contributed by atoms with Gasteiger partial charge in [0.05, 0.1) is 6.61 Å². The summed E-state index contributed by atoms with van der Waals surface area (Å²) in [5.74, 6) is 0.0315. The molecule has 2 aliphatic rings. The summed E-state index contributed by atoms with van der Waals surface area (Å²) >= 11 is 1.78. The molecular weight excluding hydrogens is 408 g/mol. The van der Waals surface area contributed by atoms with Gasteiger partial charge in [-0.05, 0) is 53.3 Å². The Morgan fingerprint density at radius 1 is 1.16 bits per heavy atom. The summed E-state index contributed by atoms with van der Waals surface area (Å²) in [6, 6.07) is 10.1. The summed E-state index contributed by atoms with van der Waals surface area (Å²) < 4.78 is 6.38. The lowest BCUT2D eigenvalue weighted by atomic mass is 9.83. The predicted molar refractivity (Wildman–Crippen MR) is 120 cm³/mol. The van der Waals surface area contributed by atoms with Crippen LogP contribution < -0.4 is 0 Å². The molecule has 3 aromatic heterocycles. The summed E-state index contributed by atoms with van der Waals surface area (Å²) in [4.78, 5) is 28.0. The number of pyridine rings is 2. The zero-order valence-electron chi connectivity index (χ0n) is 17.6. The van der Waals surface area contributed by atoms with E-state index < -0.39 is 5.60 Å². The Hall–Kier alpha value is -2.61. The molecule has 5 heterocycles. The number of carbonyl (C=O) groups excluding carboxylic acids is 1. The normalized spacial score (nSPS) is 24.2. The van der Waals surface area contributed by atoms with E-state index in [1.807, 2.05) is 29.3 Å². The molecule has 2 fully saturated rings. The lowest BCUT2D eigenvalue weighted by Crippen LogP contribution is -2.59. The average molecular weight is 435 g/mol. The summed E-state index contributed by atoms with van der Waals surface area (Å²) in [7, 11) is 0. The van der Waals surface area contributed by atoms with E-state index in [2.05, 4.69) is 39.3 Å². The highest BCUT2D eigenvalue weighted by Crippen LogP contribution is 2.42. The second kappa shape index (κ2) is 8.49. The third-order valence-electron chi connectivity index (χ3n) is 6.38. The van der Waals surface area contributed by atoms with Crippen LogP contribution in [-0.4, -0.2) is 57.5 Å². The average Bonchev–Trinajstić information content (AvgIpc) is 3.37. The number of morpholine rings is 1. The molecule has 2 saturated heterocycles. The van der Waals surface area contributed by atoms with E-state index in [1.165, 1.54) is 10.4 Å². The molecule has 5 rings (SSSR count). The molecule has 0 aromatic carbocycles. The van der Waals surface area contributed by atoms with Crippen LogP contribution in [-0.2, 0) is 22.6 Å². The third-order valence-corrected chi connectivity index (χ3v) is 7.38. The van der Waals surface area contributed by atoms with E-state index >= 15 is 0 Å². The maximum absolute atomic E-state index is 13.9. The number of nitrogens with zero attached hydrogens (tertiary/aromatic N) is 4. The van der Waals surface area contributed by atoms with Crippen LogP contribution in [0.2, 0.25) is 0 Å². The molecule has 6 nitrogen and oxygen atoms in total. The zero-order chi connectivity index (χ0) is 21.3. The first kappa shape index (κ1) is 20.3. The van der Waals surface area contributed by atoms with Gasteiger partial charge in [-0.3, -0.25) is 19.7 Å². The van der Waals surface area contributed by atoms with Gasteiger partial charge in [0.2, 0.25) is 0 Å². The van der Waals surface area contributed by atoms with Gasteiger partial charge in [-0.1, -0.05) is 6.07 Å². The fourth-order valence-electron chi connectivity index (χ4n) is 4.75. The molecule has 0 saturated carbocycles. The van der Waals surface area contributed by atoms with Crippen molar-refractivity contribution in [1.29, 1.82) is 0 Å². The van der Waals surface area contributed by atoms with Crippen molar-refractivity contribution >= 4 is 17.2 Å². The summed E-state index contributed by atoms with van der Waals surface area (Å²) in [5, 5.41) is 2.13. The Kier molecular flexibility index (Phi) is 5.56. The van der Waals surface area contributed by atoms with Gasteiger partial charge in [0.1, 0.15) is 0 Å². The van der Waals surface area contributed by atoms with Crippen molar-refractivity contribution in [2.24, 2.45) is 0 Å². The van der Waals surface area contributed by atoms with E-state index in [9.17, 15) is 4.79 Å². The number of amides is 1. The molecule has 160 valence electrons. The molecule has 1 spiro atoms. The van der Waals surface area contributed by atoms with Crippen LogP contribution in [0.5, 0.6) is 0 Å². The van der Waals surface area contributed by atoms with Gasteiger partial charge in [-0.2, -0.15) is 0 Å². The number of likely N-dealkylation sites (tertiary alicyclic amines) is 1. The maximum atomic E-state index is 13.9. The van der Waals surface area contributed by atoms with Crippen molar-refractivity contribution in [3.63, 3.8) is 0 Å². The number of aryl methyl sites for hydroxylation is 1. The molecule has 0 unspecified atom stereocenters. The largest absolute Gasteiger partial charge is 0.361 e. The SMILES string of the molecule is Cc1ccsc1CN1C[C@H](c2cccnc2)[C@]2(C1)OCCN(Cc1ccncc1)C2=O. The van der Waals surface area contributed by atoms with Crippen molar-refractivity contribution < 1.29 is 9.53 Å². The van der Waals surface area contributed by atoms with Crippen molar-refractivity contribution in [3.05, 3.63) is 82.1 Å². The number of hydrogen-bond acceptors (Lipinski definition) is 6. The Morgan fingerprint density at radius 2 is 2.03 bits per heavy atom. The molecule has 31 heavy (non-hydrogen) atoms. The van der Waals surface area contributed by atoms with Crippen LogP contribution in [0, 0.1) is 6.92 Å². The maximum Gasteiger partial charge on any atom is 0.257 e. The molecule has 2 aliphatic heterocycles. The topological polar surface area (TPSA) is 58.6 Å². The minimum atomic E-state index is -0.876. The second-order valence-electron chi connectivity index (χ2n) is 8.36. The number of thiophene rings is 1. The lowest BCUT2D eigenvalue weighted by Gasteiger charge is -2.42. The Bertz CT molecular complexity index is 1040. The van der Waals surface area contributed by atoms with Crippen molar-refractivity contribution in [1.82, 2.24) is 19.8 Å². The van der Waals surface area contributed by atoms with Gasteiger partial charge < -0.3 is 9.64 Å². The number of hydrogen-bond donors (Lipinski definition) is 0. The fourth-order valence-corrected chi connectivity index (χ4v) is 5.70. The molecule has 1 amide bonds. The minimum Gasteiger partial charge on any atom is -0.361 e. The zero-order valence-corrected chi connectivity index (χ0v) is 18.4. The first-order valence-electron chi connectivity index (χ1n) is 10.6. The smallest absolute Gasteiger partial charge is 0.257 e. The lowest BCUT2D eigenvalue weighted by molar-refractivity contribution is -0.173. The molecule has 7 heteroatoms. The van der Waals surface area contributed by atoms with E-state index in [4.69, 9.17) is 4.74 Å².